The fourth-order valence-corrected chi connectivity index (χ4v) is 2.56. The van der Waals surface area contributed by atoms with Gasteiger partial charge in [-0.1, -0.05) is 32.3 Å². The molecule has 1 aliphatic carbocycles. The molecule has 3 nitrogen and oxygen atoms in total. The number of rotatable bonds is 7. The molecule has 0 aliphatic heterocycles. The molecule has 0 bridgehead atoms. The molecule has 1 N–H and O–H groups in total. The maximum absolute atomic E-state index is 11.0. The zero-order chi connectivity index (χ0) is 13.2. The molecule has 0 aromatic heterocycles. The molecule has 1 fully saturated rings. The molecule has 0 spiro atoms. The molecule has 0 saturated heterocycles. The summed E-state index contributed by atoms with van der Waals surface area (Å²) in [4.78, 5) is 11.0. The van der Waals surface area contributed by atoms with Crippen LogP contribution in [0.25, 0.3) is 0 Å². The van der Waals surface area contributed by atoms with Crippen LogP contribution in [-0.2, 0) is 9.53 Å². The van der Waals surface area contributed by atoms with Crippen molar-refractivity contribution in [2.75, 3.05) is 19.7 Å². The van der Waals surface area contributed by atoms with E-state index in [1.807, 2.05) is 13.0 Å². The molecule has 104 valence electrons. The quantitative estimate of drug-likeness (QED) is 0.431. The van der Waals surface area contributed by atoms with Crippen LogP contribution < -0.4 is 5.32 Å². The molecule has 0 unspecified atom stereocenters. The highest BCUT2D eigenvalue weighted by atomic mass is 16.5. The fourth-order valence-electron chi connectivity index (χ4n) is 2.56. The van der Waals surface area contributed by atoms with Crippen LogP contribution in [0.5, 0.6) is 0 Å². The Labute approximate surface area is 111 Å². The van der Waals surface area contributed by atoms with Crippen molar-refractivity contribution in [1.29, 1.82) is 0 Å². The first-order chi connectivity index (χ1) is 8.76. The van der Waals surface area contributed by atoms with Crippen molar-refractivity contribution in [3.05, 3.63) is 12.2 Å². The fraction of sp³-hybridized carbons (Fsp3) is 0.800. The van der Waals surface area contributed by atoms with Gasteiger partial charge in [0.05, 0.1) is 6.61 Å². The molecule has 3 heteroatoms. The molecule has 0 radical (unpaired) electrons. The van der Waals surface area contributed by atoms with Crippen LogP contribution in [0.3, 0.4) is 0 Å². The average molecular weight is 253 g/mol. The second kappa shape index (κ2) is 9.15. The van der Waals surface area contributed by atoms with Crippen LogP contribution in [0.2, 0.25) is 0 Å². The third-order valence-corrected chi connectivity index (χ3v) is 3.78. The predicted octanol–water partition coefficient (Wildman–Crippen LogP) is 2.91. The van der Waals surface area contributed by atoms with Crippen molar-refractivity contribution in [3.63, 3.8) is 0 Å². The summed E-state index contributed by atoms with van der Waals surface area (Å²) in [7, 11) is 0. The third kappa shape index (κ3) is 6.20. The van der Waals surface area contributed by atoms with E-state index < -0.39 is 0 Å². The lowest BCUT2D eigenvalue weighted by atomic mass is 9.81. The van der Waals surface area contributed by atoms with Crippen molar-refractivity contribution < 1.29 is 9.53 Å². The molecular weight excluding hydrogens is 226 g/mol. The highest BCUT2D eigenvalue weighted by Gasteiger charge is 2.19. The molecule has 1 saturated carbocycles. The van der Waals surface area contributed by atoms with E-state index in [4.69, 9.17) is 4.74 Å². The number of ether oxygens (including phenoxy) is 1. The smallest absolute Gasteiger partial charge is 0.330 e. The Morgan fingerprint density at radius 2 is 1.89 bits per heavy atom. The summed E-state index contributed by atoms with van der Waals surface area (Å²) < 4.78 is 4.81. The molecule has 0 amide bonds. The Hall–Kier alpha value is -0.830. The largest absolute Gasteiger partial charge is 0.463 e. The number of carbonyl (C=O) groups excluding carboxylic acids is 1. The minimum atomic E-state index is -0.247. The Bertz CT molecular complexity index is 255. The van der Waals surface area contributed by atoms with E-state index in [0.717, 1.165) is 24.9 Å². The minimum Gasteiger partial charge on any atom is -0.463 e. The summed E-state index contributed by atoms with van der Waals surface area (Å²) in [5.41, 5.74) is 0. The van der Waals surface area contributed by atoms with Crippen LogP contribution >= 0.6 is 0 Å². The minimum absolute atomic E-state index is 0.247. The zero-order valence-electron chi connectivity index (χ0n) is 11.8. The lowest BCUT2D eigenvalue weighted by Crippen LogP contribution is -2.26. The second-order valence-corrected chi connectivity index (χ2v) is 5.11. The van der Waals surface area contributed by atoms with Crippen molar-refractivity contribution >= 4 is 5.97 Å². The Kier molecular flexibility index (Phi) is 7.74. The first-order valence-electron chi connectivity index (χ1n) is 7.30. The SMILES string of the molecule is CCOC(=O)/C=C/CNCC1CCC(CC)CC1. The van der Waals surface area contributed by atoms with Gasteiger partial charge in [-0.3, -0.25) is 0 Å². The number of hydrogen-bond donors (Lipinski definition) is 1. The van der Waals surface area contributed by atoms with Gasteiger partial charge in [0.2, 0.25) is 0 Å². The van der Waals surface area contributed by atoms with Crippen LogP contribution in [-0.4, -0.2) is 25.7 Å². The maximum Gasteiger partial charge on any atom is 0.330 e. The number of esters is 1. The second-order valence-electron chi connectivity index (χ2n) is 5.11. The summed E-state index contributed by atoms with van der Waals surface area (Å²) >= 11 is 0. The number of nitrogens with one attached hydrogen (secondary N) is 1. The van der Waals surface area contributed by atoms with Crippen molar-refractivity contribution in [1.82, 2.24) is 5.32 Å². The Morgan fingerprint density at radius 3 is 2.50 bits per heavy atom. The highest BCUT2D eigenvalue weighted by molar-refractivity contribution is 5.81. The van der Waals surface area contributed by atoms with E-state index in [0.29, 0.717) is 6.61 Å². The molecule has 1 rings (SSSR count). The van der Waals surface area contributed by atoms with Gasteiger partial charge in [-0.05, 0) is 38.1 Å². The molecule has 1 aliphatic rings. The average Bonchev–Trinajstić information content (AvgIpc) is 2.39. The normalized spacial score (nSPS) is 24.3. The first-order valence-corrected chi connectivity index (χ1v) is 7.30. The van der Waals surface area contributed by atoms with Crippen LogP contribution in [0.4, 0.5) is 0 Å². The first kappa shape index (κ1) is 15.2. The van der Waals surface area contributed by atoms with Crippen LogP contribution in [0.1, 0.15) is 46.0 Å². The van der Waals surface area contributed by atoms with Crippen molar-refractivity contribution in [2.24, 2.45) is 11.8 Å². The van der Waals surface area contributed by atoms with Crippen LogP contribution in [0, 0.1) is 11.8 Å². The van der Waals surface area contributed by atoms with Gasteiger partial charge in [-0.2, -0.15) is 0 Å². The molecule has 18 heavy (non-hydrogen) atoms. The monoisotopic (exact) mass is 253 g/mol. The van der Waals surface area contributed by atoms with E-state index in [1.54, 1.807) is 0 Å². The topological polar surface area (TPSA) is 38.3 Å². The summed E-state index contributed by atoms with van der Waals surface area (Å²) in [5.74, 6) is 1.54. The zero-order valence-corrected chi connectivity index (χ0v) is 11.8. The van der Waals surface area contributed by atoms with Gasteiger partial charge in [-0.15, -0.1) is 0 Å². The molecule has 0 heterocycles. The van der Waals surface area contributed by atoms with E-state index in [1.165, 1.54) is 38.2 Å². The number of carbonyl (C=O) groups is 1. The summed E-state index contributed by atoms with van der Waals surface area (Å²) in [5, 5.41) is 3.39. The molecule has 0 aromatic rings. The van der Waals surface area contributed by atoms with Gasteiger partial charge in [0.25, 0.3) is 0 Å². The van der Waals surface area contributed by atoms with Gasteiger partial charge in [-0.25, -0.2) is 4.79 Å². The Balaban J connectivity index is 2.03. The molecular formula is C15H27NO2. The van der Waals surface area contributed by atoms with Gasteiger partial charge in [0.1, 0.15) is 0 Å². The summed E-state index contributed by atoms with van der Waals surface area (Å²) in [6.07, 6.45) is 10.2. The maximum atomic E-state index is 11.0. The summed E-state index contributed by atoms with van der Waals surface area (Å²) in [6.45, 7) is 6.38. The van der Waals surface area contributed by atoms with E-state index in [9.17, 15) is 4.79 Å². The van der Waals surface area contributed by atoms with E-state index in [-0.39, 0.29) is 5.97 Å². The van der Waals surface area contributed by atoms with Gasteiger partial charge in [0.15, 0.2) is 0 Å². The van der Waals surface area contributed by atoms with Crippen molar-refractivity contribution in [2.45, 2.75) is 46.0 Å². The third-order valence-electron chi connectivity index (χ3n) is 3.78. The predicted molar refractivity (Wildman–Crippen MR) is 74.4 cm³/mol. The van der Waals surface area contributed by atoms with E-state index >= 15 is 0 Å². The summed E-state index contributed by atoms with van der Waals surface area (Å²) in [6, 6.07) is 0. The van der Waals surface area contributed by atoms with E-state index in [2.05, 4.69) is 12.2 Å². The van der Waals surface area contributed by atoms with Gasteiger partial charge >= 0.3 is 5.97 Å². The lowest BCUT2D eigenvalue weighted by Gasteiger charge is -2.27. The molecule has 0 atom stereocenters. The van der Waals surface area contributed by atoms with Gasteiger partial charge < -0.3 is 10.1 Å². The van der Waals surface area contributed by atoms with Gasteiger partial charge in [0, 0.05) is 12.6 Å². The van der Waals surface area contributed by atoms with Crippen molar-refractivity contribution in [3.8, 4) is 0 Å². The molecule has 0 aromatic carbocycles. The standard InChI is InChI=1S/C15H27NO2/c1-3-13-7-9-14(10-8-13)12-16-11-5-6-15(17)18-4-2/h5-6,13-14,16H,3-4,7-12H2,1-2H3/b6-5+. The van der Waals surface area contributed by atoms with Crippen LogP contribution in [0.15, 0.2) is 12.2 Å². The number of hydrogen-bond acceptors (Lipinski definition) is 3. The Morgan fingerprint density at radius 1 is 1.22 bits per heavy atom. The highest BCUT2D eigenvalue weighted by Crippen LogP contribution is 2.29. The lowest BCUT2D eigenvalue weighted by molar-refractivity contribution is -0.137.